The first kappa shape index (κ1) is 9.89. The summed E-state index contributed by atoms with van der Waals surface area (Å²) in [5.74, 6) is 0. The van der Waals surface area contributed by atoms with Crippen LogP contribution >= 0.6 is 0 Å². The molecule has 1 unspecified atom stereocenters. The molecule has 5 nitrogen and oxygen atoms in total. The molecule has 1 atom stereocenters. The second-order valence-corrected chi connectivity index (χ2v) is 3.90. The van der Waals surface area contributed by atoms with Crippen molar-refractivity contribution in [2.75, 3.05) is 6.54 Å². The van der Waals surface area contributed by atoms with Gasteiger partial charge in [0.15, 0.2) is 0 Å². The van der Waals surface area contributed by atoms with E-state index in [1.807, 2.05) is 6.92 Å². The molecule has 0 radical (unpaired) electrons. The Kier molecular flexibility index (Phi) is 2.30. The molecule has 1 aromatic heterocycles. The molecule has 5 heteroatoms. The number of nitrogens with zero attached hydrogens (tertiary/aromatic N) is 3. The van der Waals surface area contributed by atoms with E-state index in [4.69, 9.17) is 5.11 Å². The fourth-order valence-corrected chi connectivity index (χ4v) is 2.11. The zero-order valence-corrected chi connectivity index (χ0v) is 8.55. The largest absolute Gasteiger partial charge is 0.465 e. The van der Waals surface area contributed by atoms with E-state index in [9.17, 15) is 4.79 Å². The van der Waals surface area contributed by atoms with E-state index in [2.05, 4.69) is 9.97 Å². The van der Waals surface area contributed by atoms with Crippen molar-refractivity contribution in [3.63, 3.8) is 0 Å². The van der Waals surface area contributed by atoms with Gasteiger partial charge in [-0.15, -0.1) is 0 Å². The summed E-state index contributed by atoms with van der Waals surface area (Å²) in [5.41, 5.74) is 0.213. The van der Waals surface area contributed by atoms with Gasteiger partial charge in [-0.2, -0.15) is 0 Å². The second kappa shape index (κ2) is 3.49. The van der Waals surface area contributed by atoms with Crippen molar-refractivity contribution in [1.29, 1.82) is 0 Å². The van der Waals surface area contributed by atoms with Gasteiger partial charge in [0.05, 0.1) is 17.4 Å². The summed E-state index contributed by atoms with van der Waals surface area (Å²) in [6, 6.07) is 0. The average Bonchev–Trinajstić information content (AvgIpc) is 2.63. The maximum Gasteiger partial charge on any atom is 0.408 e. The Morgan fingerprint density at radius 1 is 1.60 bits per heavy atom. The fraction of sp³-hybridized carbons (Fsp3) is 0.500. The van der Waals surface area contributed by atoms with E-state index in [0.29, 0.717) is 6.54 Å². The van der Waals surface area contributed by atoms with Gasteiger partial charge >= 0.3 is 6.09 Å². The minimum atomic E-state index is -0.888. The number of carbonyl (C=O) groups is 1. The number of hydrogen-bond donors (Lipinski definition) is 1. The van der Waals surface area contributed by atoms with Gasteiger partial charge in [0.25, 0.3) is 0 Å². The molecule has 1 saturated heterocycles. The number of carboxylic acid groups (broad SMARTS) is 1. The van der Waals surface area contributed by atoms with E-state index in [1.165, 1.54) is 4.90 Å². The molecule has 15 heavy (non-hydrogen) atoms. The molecule has 0 bridgehead atoms. The van der Waals surface area contributed by atoms with Crippen LogP contribution in [0.25, 0.3) is 0 Å². The van der Waals surface area contributed by atoms with Crippen LogP contribution in [0.4, 0.5) is 4.79 Å². The molecule has 2 rings (SSSR count). The van der Waals surface area contributed by atoms with Crippen molar-refractivity contribution in [1.82, 2.24) is 14.9 Å². The van der Waals surface area contributed by atoms with Crippen LogP contribution in [0.3, 0.4) is 0 Å². The minimum Gasteiger partial charge on any atom is -0.465 e. The Labute approximate surface area is 87.8 Å². The number of aromatic nitrogens is 2. The molecule has 0 spiro atoms. The Bertz CT molecular complexity index is 368. The quantitative estimate of drug-likeness (QED) is 0.757. The maximum atomic E-state index is 11.1. The molecule has 0 saturated carbocycles. The molecule has 1 amide bonds. The highest BCUT2D eigenvalue weighted by molar-refractivity contribution is 5.66. The lowest BCUT2D eigenvalue weighted by molar-refractivity contribution is 0.107. The molecule has 0 aliphatic carbocycles. The molecular weight excluding hydrogens is 194 g/mol. The Morgan fingerprint density at radius 2 is 2.40 bits per heavy atom. The Hall–Kier alpha value is -1.65. The van der Waals surface area contributed by atoms with Crippen molar-refractivity contribution in [2.45, 2.75) is 25.3 Å². The van der Waals surface area contributed by atoms with Crippen LogP contribution in [0.1, 0.15) is 25.5 Å². The van der Waals surface area contributed by atoms with E-state index in [1.54, 1.807) is 18.6 Å². The molecule has 1 aromatic rings. The molecular formula is C10H13N3O2. The van der Waals surface area contributed by atoms with Crippen LogP contribution in [0.15, 0.2) is 18.6 Å². The Balaban J connectivity index is 2.37. The van der Waals surface area contributed by atoms with E-state index < -0.39 is 11.6 Å². The SMILES string of the molecule is CC1(c2cnccn2)CCCN1C(=O)O. The highest BCUT2D eigenvalue weighted by atomic mass is 16.4. The van der Waals surface area contributed by atoms with Crippen molar-refractivity contribution in [2.24, 2.45) is 0 Å². The van der Waals surface area contributed by atoms with Crippen molar-refractivity contribution >= 4 is 6.09 Å². The fourth-order valence-electron chi connectivity index (χ4n) is 2.11. The van der Waals surface area contributed by atoms with Crippen LogP contribution in [0.2, 0.25) is 0 Å². The van der Waals surface area contributed by atoms with Gasteiger partial charge < -0.3 is 5.11 Å². The predicted octanol–water partition coefficient (Wildman–Crippen LogP) is 1.47. The summed E-state index contributed by atoms with van der Waals surface area (Å²) in [4.78, 5) is 20.7. The van der Waals surface area contributed by atoms with Gasteiger partial charge in [-0.3, -0.25) is 14.9 Å². The van der Waals surface area contributed by atoms with Gasteiger partial charge in [-0.25, -0.2) is 4.79 Å². The number of amides is 1. The van der Waals surface area contributed by atoms with E-state index in [-0.39, 0.29) is 0 Å². The van der Waals surface area contributed by atoms with Crippen molar-refractivity contribution in [3.05, 3.63) is 24.3 Å². The molecule has 80 valence electrons. The maximum absolute atomic E-state index is 11.1. The van der Waals surface area contributed by atoms with Crippen molar-refractivity contribution in [3.8, 4) is 0 Å². The van der Waals surface area contributed by atoms with Crippen LogP contribution in [-0.2, 0) is 5.54 Å². The normalized spacial score (nSPS) is 25.5. The van der Waals surface area contributed by atoms with E-state index in [0.717, 1.165) is 18.5 Å². The predicted molar refractivity (Wildman–Crippen MR) is 53.3 cm³/mol. The zero-order valence-electron chi connectivity index (χ0n) is 8.55. The number of hydrogen-bond acceptors (Lipinski definition) is 3. The third-order valence-corrected chi connectivity index (χ3v) is 2.99. The van der Waals surface area contributed by atoms with Crippen LogP contribution in [-0.4, -0.2) is 32.6 Å². The molecule has 2 heterocycles. The number of likely N-dealkylation sites (tertiary alicyclic amines) is 1. The van der Waals surface area contributed by atoms with Crippen LogP contribution in [0, 0.1) is 0 Å². The van der Waals surface area contributed by atoms with Crippen molar-refractivity contribution < 1.29 is 9.90 Å². The Morgan fingerprint density at radius 3 is 3.00 bits per heavy atom. The summed E-state index contributed by atoms with van der Waals surface area (Å²) in [5, 5.41) is 9.09. The summed E-state index contributed by atoms with van der Waals surface area (Å²) < 4.78 is 0. The first-order chi connectivity index (χ1) is 7.14. The van der Waals surface area contributed by atoms with Crippen LogP contribution in [0.5, 0.6) is 0 Å². The number of rotatable bonds is 1. The standard InChI is InChI=1S/C10H13N3O2/c1-10(8-7-11-4-5-12-8)3-2-6-13(10)9(14)15/h4-5,7H,2-3,6H2,1H3,(H,14,15). The summed E-state index contributed by atoms with van der Waals surface area (Å²) in [6.45, 7) is 2.47. The lowest BCUT2D eigenvalue weighted by Crippen LogP contribution is -2.42. The molecule has 1 aliphatic rings. The van der Waals surface area contributed by atoms with E-state index >= 15 is 0 Å². The third-order valence-electron chi connectivity index (χ3n) is 2.99. The molecule has 0 aromatic carbocycles. The zero-order chi connectivity index (χ0) is 10.9. The van der Waals surface area contributed by atoms with Gasteiger partial charge in [-0.1, -0.05) is 0 Å². The second-order valence-electron chi connectivity index (χ2n) is 3.90. The van der Waals surface area contributed by atoms with Gasteiger partial charge in [0, 0.05) is 18.9 Å². The summed E-state index contributed by atoms with van der Waals surface area (Å²) >= 11 is 0. The third kappa shape index (κ3) is 1.54. The average molecular weight is 207 g/mol. The highest BCUT2D eigenvalue weighted by Crippen LogP contribution is 2.36. The van der Waals surface area contributed by atoms with Gasteiger partial charge in [-0.05, 0) is 19.8 Å². The van der Waals surface area contributed by atoms with Crippen LogP contribution < -0.4 is 0 Å². The first-order valence-electron chi connectivity index (χ1n) is 4.91. The smallest absolute Gasteiger partial charge is 0.408 e. The van der Waals surface area contributed by atoms with Gasteiger partial charge in [0.1, 0.15) is 0 Å². The summed E-state index contributed by atoms with van der Waals surface area (Å²) in [6.07, 6.45) is 5.62. The molecule has 1 aliphatic heterocycles. The first-order valence-corrected chi connectivity index (χ1v) is 4.91. The molecule has 1 fully saturated rings. The lowest BCUT2D eigenvalue weighted by Gasteiger charge is -2.32. The lowest BCUT2D eigenvalue weighted by atomic mass is 9.95. The monoisotopic (exact) mass is 207 g/mol. The van der Waals surface area contributed by atoms with Gasteiger partial charge in [0.2, 0.25) is 0 Å². The minimum absolute atomic E-state index is 0.514. The molecule has 1 N–H and O–H groups in total. The topological polar surface area (TPSA) is 66.3 Å². The highest BCUT2D eigenvalue weighted by Gasteiger charge is 2.42. The summed E-state index contributed by atoms with van der Waals surface area (Å²) in [7, 11) is 0.